The largest absolute Gasteiger partial charge is 0.497 e. The van der Waals surface area contributed by atoms with Gasteiger partial charge in [0.15, 0.2) is 0 Å². The summed E-state index contributed by atoms with van der Waals surface area (Å²) >= 11 is 0. The maximum absolute atomic E-state index is 5.91. The van der Waals surface area contributed by atoms with E-state index in [9.17, 15) is 0 Å². The van der Waals surface area contributed by atoms with E-state index in [0.717, 1.165) is 30.7 Å². The minimum Gasteiger partial charge on any atom is -0.497 e. The number of methoxy groups -OCH3 is 1. The van der Waals surface area contributed by atoms with Gasteiger partial charge in [0, 0.05) is 24.8 Å². The molecule has 1 heterocycles. The van der Waals surface area contributed by atoms with Crippen molar-refractivity contribution in [2.45, 2.75) is 6.04 Å². The van der Waals surface area contributed by atoms with E-state index in [0.29, 0.717) is 6.04 Å². The van der Waals surface area contributed by atoms with Gasteiger partial charge in [0.2, 0.25) is 0 Å². The molecule has 1 aromatic rings. The number of hydrogen-bond acceptors (Lipinski definition) is 3. The average molecular weight is 204 g/mol. The van der Waals surface area contributed by atoms with Gasteiger partial charge in [-0.25, -0.2) is 0 Å². The molecule has 1 aliphatic heterocycles. The number of anilines is 1. The topological polar surface area (TPSA) is 38.5 Å². The molecule has 80 valence electrons. The molecule has 3 rings (SSSR count). The molecule has 15 heavy (non-hydrogen) atoms. The molecule has 2 aliphatic rings. The first-order valence-electron chi connectivity index (χ1n) is 5.44. The van der Waals surface area contributed by atoms with E-state index in [1.165, 1.54) is 5.69 Å². The molecule has 0 radical (unpaired) electrons. The second kappa shape index (κ2) is 3.14. The molecule has 3 heteroatoms. The summed E-state index contributed by atoms with van der Waals surface area (Å²) in [4.78, 5) is 2.41. The van der Waals surface area contributed by atoms with E-state index in [2.05, 4.69) is 17.0 Å². The molecule has 2 unspecified atom stereocenters. The van der Waals surface area contributed by atoms with Gasteiger partial charge in [-0.3, -0.25) is 0 Å². The summed E-state index contributed by atoms with van der Waals surface area (Å²) < 4.78 is 5.14. The van der Waals surface area contributed by atoms with Gasteiger partial charge in [-0.15, -0.1) is 0 Å². The van der Waals surface area contributed by atoms with Crippen molar-refractivity contribution in [1.29, 1.82) is 0 Å². The molecule has 3 nitrogen and oxygen atoms in total. The van der Waals surface area contributed by atoms with Gasteiger partial charge >= 0.3 is 0 Å². The lowest BCUT2D eigenvalue weighted by atomic mass is 10.2. The molecule has 1 aromatic carbocycles. The van der Waals surface area contributed by atoms with Crippen LogP contribution in [0.4, 0.5) is 5.69 Å². The first kappa shape index (κ1) is 9.04. The van der Waals surface area contributed by atoms with E-state index in [-0.39, 0.29) is 0 Å². The van der Waals surface area contributed by atoms with Gasteiger partial charge in [0.05, 0.1) is 7.11 Å². The molecule has 2 atom stereocenters. The van der Waals surface area contributed by atoms with Crippen molar-refractivity contribution in [1.82, 2.24) is 0 Å². The fraction of sp³-hybridized carbons (Fsp3) is 0.500. The predicted octanol–water partition coefficient (Wildman–Crippen LogP) is 1.09. The highest BCUT2D eigenvalue weighted by molar-refractivity contribution is 5.51. The second-order valence-corrected chi connectivity index (χ2v) is 4.51. The predicted molar refractivity (Wildman–Crippen MR) is 60.2 cm³/mol. The van der Waals surface area contributed by atoms with Crippen LogP contribution in [0.1, 0.15) is 0 Å². The summed E-state index contributed by atoms with van der Waals surface area (Å²) in [6, 6.07) is 8.74. The van der Waals surface area contributed by atoms with Crippen molar-refractivity contribution in [3.63, 3.8) is 0 Å². The quantitative estimate of drug-likeness (QED) is 0.783. The molecule has 1 aliphatic carbocycles. The number of fused-ring (bicyclic) bond motifs is 1. The summed E-state index contributed by atoms with van der Waals surface area (Å²) in [7, 11) is 1.69. The smallest absolute Gasteiger partial charge is 0.119 e. The van der Waals surface area contributed by atoms with E-state index in [1.807, 2.05) is 12.1 Å². The average Bonchev–Trinajstić information content (AvgIpc) is 2.74. The zero-order chi connectivity index (χ0) is 10.4. The standard InChI is InChI=1S/C12H16N2O/c1-15-9-4-2-8(3-5-9)14-6-10-11(7-14)12(10)13/h2-5,10-12H,6-7,13H2,1H3. The van der Waals surface area contributed by atoms with E-state index < -0.39 is 0 Å². The Kier molecular flexibility index (Phi) is 1.89. The fourth-order valence-corrected chi connectivity index (χ4v) is 2.58. The van der Waals surface area contributed by atoms with Crippen molar-refractivity contribution in [3.8, 4) is 5.75 Å². The van der Waals surface area contributed by atoms with Crippen molar-refractivity contribution < 1.29 is 4.74 Å². The third kappa shape index (κ3) is 1.38. The first-order valence-corrected chi connectivity index (χ1v) is 5.44. The highest BCUT2D eigenvalue weighted by Gasteiger charge is 2.53. The highest BCUT2D eigenvalue weighted by atomic mass is 16.5. The maximum atomic E-state index is 5.91. The molecule has 1 saturated carbocycles. The third-order valence-corrected chi connectivity index (χ3v) is 3.70. The lowest BCUT2D eigenvalue weighted by Crippen LogP contribution is -2.27. The van der Waals surface area contributed by atoms with Crippen LogP contribution in [-0.2, 0) is 0 Å². The Bertz CT molecular complexity index is 350. The Morgan fingerprint density at radius 3 is 2.33 bits per heavy atom. The van der Waals surface area contributed by atoms with Crippen LogP contribution >= 0.6 is 0 Å². The monoisotopic (exact) mass is 204 g/mol. The molecular weight excluding hydrogens is 188 g/mol. The van der Waals surface area contributed by atoms with Gasteiger partial charge in [-0.05, 0) is 36.1 Å². The Labute approximate surface area is 89.8 Å². The molecule has 0 aromatic heterocycles. The number of rotatable bonds is 2. The summed E-state index contributed by atoms with van der Waals surface area (Å²) in [6.07, 6.45) is 0. The first-order chi connectivity index (χ1) is 7.29. The van der Waals surface area contributed by atoms with Crippen LogP contribution in [0.15, 0.2) is 24.3 Å². The molecule has 1 saturated heterocycles. The minimum absolute atomic E-state index is 0.472. The summed E-state index contributed by atoms with van der Waals surface area (Å²) in [5.41, 5.74) is 7.20. The zero-order valence-corrected chi connectivity index (χ0v) is 8.89. The van der Waals surface area contributed by atoms with Crippen LogP contribution in [0.3, 0.4) is 0 Å². The SMILES string of the molecule is COc1ccc(N2CC3C(N)C3C2)cc1. The highest BCUT2D eigenvalue weighted by Crippen LogP contribution is 2.45. The second-order valence-electron chi connectivity index (χ2n) is 4.51. The number of ether oxygens (including phenoxy) is 1. The Morgan fingerprint density at radius 2 is 1.80 bits per heavy atom. The van der Waals surface area contributed by atoms with Gasteiger partial charge in [0.25, 0.3) is 0 Å². The van der Waals surface area contributed by atoms with Gasteiger partial charge < -0.3 is 15.4 Å². The lowest BCUT2D eigenvalue weighted by Gasteiger charge is -2.21. The van der Waals surface area contributed by atoms with Gasteiger partial charge in [0.1, 0.15) is 5.75 Å². The van der Waals surface area contributed by atoms with E-state index >= 15 is 0 Å². The van der Waals surface area contributed by atoms with Crippen LogP contribution in [0.25, 0.3) is 0 Å². The summed E-state index contributed by atoms with van der Waals surface area (Å²) in [5, 5.41) is 0. The van der Waals surface area contributed by atoms with Crippen LogP contribution in [-0.4, -0.2) is 26.2 Å². The Morgan fingerprint density at radius 1 is 1.20 bits per heavy atom. The fourth-order valence-electron chi connectivity index (χ4n) is 2.58. The summed E-state index contributed by atoms with van der Waals surface area (Å²) in [6.45, 7) is 2.25. The third-order valence-electron chi connectivity index (χ3n) is 3.70. The normalized spacial score (nSPS) is 32.7. The molecule has 0 bridgehead atoms. The zero-order valence-electron chi connectivity index (χ0n) is 8.89. The van der Waals surface area contributed by atoms with Crippen molar-refractivity contribution >= 4 is 5.69 Å². The van der Waals surface area contributed by atoms with Crippen LogP contribution in [0, 0.1) is 11.8 Å². The Hall–Kier alpha value is -1.22. The number of nitrogens with zero attached hydrogens (tertiary/aromatic N) is 1. The maximum Gasteiger partial charge on any atom is 0.119 e. The Balaban J connectivity index is 1.72. The van der Waals surface area contributed by atoms with Crippen LogP contribution < -0.4 is 15.4 Å². The van der Waals surface area contributed by atoms with Crippen molar-refractivity contribution in [2.75, 3.05) is 25.1 Å². The number of nitrogens with two attached hydrogens (primary N) is 1. The minimum atomic E-state index is 0.472. The van der Waals surface area contributed by atoms with Crippen molar-refractivity contribution in [2.24, 2.45) is 17.6 Å². The molecule has 2 N–H and O–H groups in total. The number of benzene rings is 1. The number of hydrogen-bond donors (Lipinski definition) is 1. The van der Waals surface area contributed by atoms with Gasteiger partial charge in [-0.2, -0.15) is 0 Å². The van der Waals surface area contributed by atoms with Crippen LogP contribution in [0.2, 0.25) is 0 Å². The summed E-state index contributed by atoms with van der Waals surface area (Å²) in [5.74, 6) is 2.40. The van der Waals surface area contributed by atoms with Crippen molar-refractivity contribution in [3.05, 3.63) is 24.3 Å². The lowest BCUT2D eigenvalue weighted by molar-refractivity contribution is 0.415. The molecular formula is C12H16N2O. The molecule has 2 fully saturated rings. The van der Waals surface area contributed by atoms with E-state index in [1.54, 1.807) is 7.11 Å². The van der Waals surface area contributed by atoms with E-state index in [4.69, 9.17) is 10.5 Å². The molecule has 0 spiro atoms. The molecule has 0 amide bonds. The van der Waals surface area contributed by atoms with Gasteiger partial charge in [-0.1, -0.05) is 0 Å². The van der Waals surface area contributed by atoms with Crippen LogP contribution in [0.5, 0.6) is 5.75 Å². The number of piperidine rings is 1.